The molecule has 3 fully saturated rings. The number of phosphoric acid groups is 2. The zero-order chi connectivity index (χ0) is 32.7. The summed E-state index contributed by atoms with van der Waals surface area (Å²) < 4.78 is 65.1. The molecule has 4 aromatic heterocycles. The number of aryl methyl sites for hydroxylation is 4. The van der Waals surface area contributed by atoms with Crippen LogP contribution in [-0.2, 0) is 36.7 Å². The Morgan fingerprint density at radius 3 is 2.26 bits per heavy atom. The van der Waals surface area contributed by atoms with Gasteiger partial charge < -0.3 is 19.3 Å². The Balaban J connectivity index is 1.21. The van der Waals surface area contributed by atoms with Gasteiger partial charge in [-0.2, -0.15) is 0 Å². The number of rotatable bonds is 2. The van der Waals surface area contributed by atoms with Crippen LogP contribution in [0.4, 0.5) is 0 Å². The smallest absolute Gasteiger partial charge is 0.349 e. The van der Waals surface area contributed by atoms with Crippen LogP contribution in [0.3, 0.4) is 0 Å². The molecule has 3 aliphatic heterocycles. The van der Waals surface area contributed by atoms with Gasteiger partial charge in [-0.25, -0.2) is 33.6 Å². The van der Waals surface area contributed by atoms with Gasteiger partial charge in [-0.3, -0.25) is 27.6 Å². The number of nitrogens with zero attached hydrogens (tertiary/aromatic N) is 7. The van der Waals surface area contributed by atoms with Crippen molar-refractivity contribution in [2.45, 2.75) is 78.4 Å². The average Bonchev–Trinajstić information content (AvgIpc) is 3.72. The van der Waals surface area contributed by atoms with Crippen molar-refractivity contribution in [1.29, 1.82) is 0 Å². The van der Waals surface area contributed by atoms with Gasteiger partial charge in [-0.05, 0) is 20.8 Å². The third-order valence-electron chi connectivity index (χ3n) is 8.69. The number of aromatic amines is 1. The minimum absolute atomic E-state index is 0.385. The standard InChI is InChI=1S/C26H34N8O10P2/c1-11-17-7-39-45(35,36)43-21-12(2)25(33-9-27-19-13(3)29-15(5)31-23(19)33)42-18(21)8-40-46(37,38)44-22(11)26(41-17)34-10-28-20-14(4)30-16(6)32-24(20)34/h9-12,17-18,21-22,25-26H,7-8H2,1-6H3,(H2,35,36,37,38)/p+1/t11?,12-,17+,18+,21?,22-,25+,26+/m0/s1. The molecule has 0 spiro atoms. The summed E-state index contributed by atoms with van der Waals surface area (Å²) in [5, 5.41) is 0. The van der Waals surface area contributed by atoms with Crippen LogP contribution in [0.25, 0.3) is 22.3 Å². The monoisotopic (exact) mass is 681 g/mol. The average molecular weight is 682 g/mol. The van der Waals surface area contributed by atoms with Crippen molar-refractivity contribution in [3.63, 3.8) is 0 Å². The van der Waals surface area contributed by atoms with Gasteiger partial charge >= 0.3 is 21.3 Å². The molecule has 3 aliphatic rings. The van der Waals surface area contributed by atoms with E-state index in [9.17, 15) is 18.9 Å². The molecule has 7 rings (SSSR count). The predicted molar refractivity (Wildman–Crippen MR) is 156 cm³/mol. The molecular weight excluding hydrogens is 646 g/mol. The fourth-order valence-corrected chi connectivity index (χ4v) is 8.47. The highest BCUT2D eigenvalue weighted by Crippen LogP contribution is 2.55. The van der Waals surface area contributed by atoms with Gasteiger partial charge in [0, 0.05) is 18.8 Å². The van der Waals surface area contributed by atoms with E-state index in [1.807, 2.05) is 6.92 Å². The van der Waals surface area contributed by atoms with Crippen molar-refractivity contribution in [3.05, 3.63) is 35.7 Å². The van der Waals surface area contributed by atoms with Gasteiger partial charge in [0.25, 0.3) is 0 Å². The first-order valence-electron chi connectivity index (χ1n) is 14.7. The quantitative estimate of drug-likeness (QED) is 0.204. The first-order chi connectivity index (χ1) is 21.7. The molecule has 46 heavy (non-hydrogen) atoms. The second-order valence-corrected chi connectivity index (χ2v) is 14.7. The molecule has 20 heteroatoms. The van der Waals surface area contributed by atoms with Gasteiger partial charge in [0.05, 0.1) is 37.0 Å². The van der Waals surface area contributed by atoms with E-state index in [0.717, 1.165) is 5.69 Å². The third-order valence-corrected chi connectivity index (χ3v) is 10.7. The molecule has 0 amide bonds. The lowest BCUT2D eigenvalue weighted by Gasteiger charge is -2.26. The van der Waals surface area contributed by atoms with Crippen molar-refractivity contribution in [1.82, 2.24) is 34.5 Å². The number of hydrogen-bond acceptors (Lipinski definition) is 13. The van der Waals surface area contributed by atoms with Crippen molar-refractivity contribution in [2.24, 2.45) is 11.8 Å². The molecule has 4 unspecified atom stereocenters. The van der Waals surface area contributed by atoms with Gasteiger partial charge in [0.2, 0.25) is 5.82 Å². The minimum atomic E-state index is -4.78. The summed E-state index contributed by atoms with van der Waals surface area (Å²) in [5.74, 6) is -0.138. The van der Waals surface area contributed by atoms with Gasteiger partial charge in [0.15, 0.2) is 29.9 Å². The summed E-state index contributed by atoms with van der Waals surface area (Å²) in [6.45, 7) is 9.71. The molecular formula is C26H35N8O10P2+. The summed E-state index contributed by atoms with van der Waals surface area (Å²) in [4.78, 5) is 47.2. The van der Waals surface area contributed by atoms with Crippen molar-refractivity contribution < 1.29 is 51.1 Å². The molecule has 0 aliphatic carbocycles. The lowest BCUT2D eigenvalue weighted by Crippen LogP contribution is -2.42. The number of imidazole rings is 2. The van der Waals surface area contributed by atoms with Crippen molar-refractivity contribution in [2.75, 3.05) is 13.2 Å². The van der Waals surface area contributed by atoms with Gasteiger partial charge in [-0.15, -0.1) is 0 Å². The van der Waals surface area contributed by atoms with Gasteiger partial charge in [-0.1, -0.05) is 18.8 Å². The van der Waals surface area contributed by atoms with Gasteiger partial charge in [0.1, 0.15) is 29.7 Å². The molecule has 0 aromatic carbocycles. The van der Waals surface area contributed by atoms with E-state index in [4.69, 9.17) is 27.6 Å². The second-order valence-electron chi connectivity index (χ2n) is 11.9. The molecule has 18 nitrogen and oxygen atoms in total. The third kappa shape index (κ3) is 5.60. The Kier molecular flexibility index (Phi) is 7.91. The van der Waals surface area contributed by atoms with Crippen LogP contribution in [0.2, 0.25) is 0 Å². The van der Waals surface area contributed by atoms with Crippen molar-refractivity contribution in [3.8, 4) is 0 Å². The maximum Gasteiger partial charge on any atom is 0.472 e. The normalized spacial score (nSPS) is 37.2. The molecule has 7 heterocycles. The van der Waals surface area contributed by atoms with Crippen LogP contribution in [0.1, 0.15) is 49.3 Å². The summed E-state index contributed by atoms with van der Waals surface area (Å²) in [6.07, 6.45) is -2.73. The number of phosphoric ester groups is 2. The van der Waals surface area contributed by atoms with E-state index >= 15 is 0 Å². The summed E-state index contributed by atoms with van der Waals surface area (Å²) >= 11 is 0. The molecule has 0 saturated carbocycles. The summed E-state index contributed by atoms with van der Waals surface area (Å²) in [6, 6.07) is 0. The largest absolute Gasteiger partial charge is 0.472 e. The highest BCUT2D eigenvalue weighted by Gasteiger charge is 2.53. The van der Waals surface area contributed by atoms with Crippen LogP contribution < -0.4 is 4.57 Å². The Hall–Kier alpha value is -2.76. The fourth-order valence-electron chi connectivity index (χ4n) is 6.44. The zero-order valence-electron chi connectivity index (χ0n) is 25.9. The number of nitrogens with one attached hydrogen (secondary N) is 1. The molecule has 4 aromatic rings. The van der Waals surface area contributed by atoms with E-state index in [-0.39, 0.29) is 6.61 Å². The molecule has 0 radical (unpaired) electrons. The maximum absolute atomic E-state index is 13.5. The molecule has 10 atom stereocenters. The number of fused-ring (bicyclic) bond motifs is 5. The Morgan fingerprint density at radius 2 is 1.52 bits per heavy atom. The molecule has 2 bridgehead atoms. The lowest BCUT2D eigenvalue weighted by atomic mass is 10.0. The number of aromatic nitrogens is 8. The van der Waals surface area contributed by atoms with Crippen LogP contribution in [0.5, 0.6) is 0 Å². The topological polar surface area (TPSA) is 219 Å². The maximum atomic E-state index is 13.5. The van der Waals surface area contributed by atoms with E-state index in [2.05, 4.69) is 29.9 Å². The lowest BCUT2D eigenvalue weighted by molar-refractivity contribution is -0.744. The van der Waals surface area contributed by atoms with E-state index in [1.54, 1.807) is 50.1 Å². The van der Waals surface area contributed by atoms with Crippen LogP contribution in [0, 0.1) is 39.5 Å². The van der Waals surface area contributed by atoms with E-state index in [0.29, 0.717) is 39.7 Å². The van der Waals surface area contributed by atoms with E-state index < -0.39 is 71.0 Å². The Morgan fingerprint density at radius 1 is 0.870 bits per heavy atom. The summed E-state index contributed by atoms with van der Waals surface area (Å²) in [5.41, 5.74) is 3.55. The number of H-pyrrole nitrogens is 1. The Bertz CT molecular complexity index is 1920. The Labute approximate surface area is 262 Å². The van der Waals surface area contributed by atoms with Crippen LogP contribution in [0.15, 0.2) is 12.7 Å². The second kappa shape index (κ2) is 11.4. The molecule has 248 valence electrons. The minimum Gasteiger partial charge on any atom is -0.349 e. The highest BCUT2D eigenvalue weighted by molar-refractivity contribution is 7.47. The fraction of sp³-hybridized carbons (Fsp3) is 0.615. The number of hydrogen-bond donors (Lipinski definition) is 3. The SMILES string of the molecule is Cc1nc(C)c2ncn([C@@H]3O[C@@H]4COP(=O)(O)OC5[C@@H](COP(=O)(O)O[C@H]3C4C)O[C@@H]([n+]3c[nH]c4c(C)nc(C)nc43)[C@H]5C)c2n1. The first-order valence-corrected chi connectivity index (χ1v) is 17.7. The van der Waals surface area contributed by atoms with E-state index in [1.165, 1.54) is 6.33 Å². The summed E-state index contributed by atoms with van der Waals surface area (Å²) in [7, 11) is -9.50. The van der Waals surface area contributed by atoms with Crippen LogP contribution in [-0.4, -0.2) is 81.9 Å². The highest BCUT2D eigenvalue weighted by atomic mass is 31.2. The molecule has 3 saturated heterocycles. The predicted octanol–water partition coefficient (Wildman–Crippen LogP) is 2.40. The molecule has 3 N–H and O–H groups in total. The van der Waals surface area contributed by atoms with Crippen LogP contribution >= 0.6 is 15.6 Å². The zero-order valence-corrected chi connectivity index (χ0v) is 27.7. The number of ether oxygens (including phenoxy) is 2. The van der Waals surface area contributed by atoms with Crippen molar-refractivity contribution >= 4 is 38.0 Å². The first kappa shape index (κ1) is 31.8.